The summed E-state index contributed by atoms with van der Waals surface area (Å²) in [7, 11) is 1.77. The zero-order valence-corrected chi connectivity index (χ0v) is 10.9. The van der Waals surface area contributed by atoms with Crippen molar-refractivity contribution < 1.29 is 9.53 Å². The van der Waals surface area contributed by atoms with E-state index in [1.807, 2.05) is 30.3 Å². The highest BCUT2D eigenvalue weighted by molar-refractivity contribution is 5.75. The van der Waals surface area contributed by atoms with Gasteiger partial charge in [0, 0.05) is 0 Å². The van der Waals surface area contributed by atoms with Crippen LogP contribution in [0.5, 0.6) is 0 Å². The van der Waals surface area contributed by atoms with Gasteiger partial charge >= 0.3 is 5.97 Å². The maximum atomic E-state index is 11.8. The molecule has 0 heterocycles. The van der Waals surface area contributed by atoms with E-state index in [0.717, 1.165) is 24.8 Å². The number of rotatable bonds is 8. The zero-order chi connectivity index (χ0) is 13.2. The highest BCUT2D eigenvalue weighted by Crippen LogP contribution is 2.05. The third-order valence-corrected chi connectivity index (χ3v) is 2.80. The van der Waals surface area contributed by atoms with Gasteiger partial charge in [0.25, 0.3) is 0 Å². The Balaban J connectivity index is 2.33. The van der Waals surface area contributed by atoms with E-state index in [-0.39, 0.29) is 12.0 Å². The van der Waals surface area contributed by atoms with E-state index in [0.29, 0.717) is 13.2 Å². The van der Waals surface area contributed by atoms with Crippen LogP contribution < -0.4 is 11.1 Å². The molecule has 0 fully saturated rings. The van der Waals surface area contributed by atoms with E-state index in [1.54, 1.807) is 7.05 Å². The van der Waals surface area contributed by atoms with Crippen molar-refractivity contribution >= 4 is 5.97 Å². The number of carbonyl (C=O) groups excluding carboxylic acids is 1. The summed E-state index contributed by atoms with van der Waals surface area (Å²) < 4.78 is 5.28. The second-order valence-corrected chi connectivity index (χ2v) is 4.22. The maximum absolute atomic E-state index is 11.8. The first-order chi connectivity index (χ1) is 8.77. The first kappa shape index (κ1) is 14.7. The molecule has 3 N–H and O–H groups in total. The smallest absolute Gasteiger partial charge is 0.323 e. The number of unbranched alkanes of at least 4 members (excludes halogenated alkanes) is 1. The van der Waals surface area contributed by atoms with Crippen LogP contribution in [0.2, 0.25) is 0 Å². The van der Waals surface area contributed by atoms with E-state index in [4.69, 9.17) is 10.5 Å². The lowest BCUT2D eigenvalue weighted by atomic mass is 10.1. The Kier molecular flexibility index (Phi) is 7.06. The Morgan fingerprint density at radius 3 is 2.67 bits per heavy atom. The van der Waals surface area contributed by atoms with Gasteiger partial charge < -0.3 is 15.8 Å². The number of nitrogens with two attached hydrogens (primary N) is 1. The molecule has 4 heteroatoms. The second kappa shape index (κ2) is 8.66. The Morgan fingerprint density at radius 2 is 2.06 bits per heavy atom. The highest BCUT2D eigenvalue weighted by atomic mass is 16.5. The van der Waals surface area contributed by atoms with Crippen LogP contribution in [0.15, 0.2) is 30.3 Å². The third kappa shape index (κ3) is 5.29. The molecular formula is C14H22N2O2. The van der Waals surface area contributed by atoms with Gasteiger partial charge in [-0.2, -0.15) is 0 Å². The number of carbonyl (C=O) groups is 1. The fourth-order valence-corrected chi connectivity index (χ4v) is 1.70. The maximum Gasteiger partial charge on any atom is 0.323 e. The lowest BCUT2D eigenvalue weighted by Crippen LogP contribution is -2.35. The molecule has 0 bridgehead atoms. The molecule has 4 nitrogen and oxygen atoms in total. The molecule has 0 saturated heterocycles. The van der Waals surface area contributed by atoms with Crippen molar-refractivity contribution in [1.82, 2.24) is 5.32 Å². The summed E-state index contributed by atoms with van der Waals surface area (Å²) in [4.78, 5) is 11.8. The van der Waals surface area contributed by atoms with Gasteiger partial charge in [0.15, 0.2) is 0 Å². The molecule has 0 saturated carbocycles. The number of hydrogen-bond acceptors (Lipinski definition) is 4. The molecule has 0 amide bonds. The van der Waals surface area contributed by atoms with Crippen LogP contribution in [0, 0.1) is 0 Å². The minimum Gasteiger partial charge on any atom is -0.460 e. The molecule has 1 rings (SSSR count). The molecule has 0 aromatic heterocycles. The highest BCUT2D eigenvalue weighted by Gasteiger charge is 2.17. The minimum atomic E-state index is -0.236. The lowest BCUT2D eigenvalue weighted by Gasteiger charge is -2.15. The van der Waals surface area contributed by atoms with Crippen LogP contribution >= 0.6 is 0 Å². The lowest BCUT2D eigenvalue weighted by molar-refractivity contribution is -0.147. The number of likely N-dealkylation sites (N-methyl/N-ethyl adjacent to an activating group) is 1. The fraction of sp³-hybridized carbons (Fsp3) is 0.500. The van der Waals surface area contributed by atoms with Gasteiger partial charge in [-0.05, 0) is 32.0 Å². The van der Waals surface area contributed by atoms with E-state index in [1.165, 1.54) is 0 Å². The molecule has 100 valence electrons. The first-order valence-electron chi connectivity index (χ1n) is 6.36. The number of ether oxygens (including phenoxy) is 1. The summed E-state index contributed by atoms with van der Waals surface area (Å²) in [5.74, 6) is -0.196. The molecule has 0 aliphatic carbocycles. The summed E-state index contributed by atoms with van der Waals surface area (Å²) >= 11 is 0. The fourth-order valence-electron chi connectivity index (χ4n) is 1.70. The van der Waals surface area contributed by atoms with E-state index in [9.17, 15) is 4.79 Å². The third-order valence-electron chi connectivity index (χ3n) is 2.80. The van der Waals surface area contributed by atoms with E-state index in [2.05, 4.69) is 5.32 Å². The average molecular weight is 250 g/mol. The standard InChI is InChI=1S/C14H22N2O2/c1-16-13(9-5-6-10-15)14(17)18-11-12-7-3-2-4-8-12/h2-4,7-8,13,16H,5-6,9-11,15H2,1H3. The molecule has 1 unspecified atom stereocenters. The largest absolute Gasteiger partial charge is 0.460 e. The SMILES string of the molecule is CNC(CCCCN)C(=O)OCc1ccccc1. The van der Waals surface area contributed by atoms with Gasteiger partial charge in [0.05, 0.1) is 0 Å². The number of esters is 1. The Bertz CT molecular complexity index is 341. The van der Waals surface area contributed by atoms with Crippen LogP contribution in [0.25, 0.3) is 0 Å². The van der Waals surface area contributed by atoms with Crippen LogP contribution in [0.4, 0.5) is 0 Å². The Labute approximate surface area is 109 Å². The predicted octanol–water partition coefficient (Wildman–Crippen LogP) is 1.45. The first-order valence-corrected chi connectivity index (χ1v) is 6.36. The summed E-state index contributed by atoms with van der Waals surface area (Å²) in [5.41, 5.74) is 6.43. The summed E-state index contributed by atoms with van der Waals surface area (Å²) in [6.07, 6.45) is 2.63. The van der Waals surface area contributed by atoms with Crippen molar-refractivity contribution in [2.75, 3.05) is 13.6 Å². The van der Waals surface area contributed by atoms with Gasteiger partial charge in [-0.15, -0.1) is 0 Å². The van der Waals surface area contributed by atoms with Crippen LogP contribution in [0.1, 0.15) is 24.8 Å². The van der Waals surface area contributed by atoms with Gasteiger partial charge in [0.2, 0.25) is 0 Å². The molecule has 18 heavy (non-hydrogen) atoms. The van der Waals surface area contributed by atoms with Crippen LogP contribution in [-0.2, 0) is 16.1 Å². The zero-order valence-electron chi connectivity index (χ0n) is 10.9. The van der Waals surface area contributed by atoms with Crippen LogP contribution in [0.3, 0.4) is 0 Å². The summed E-state index contributed by atoms with van der Waals surface area (Å²) in [6.45, 7) is 0.990. The van der Waals surface area contributed by atoms with Crippen molar-refractivity contribution in [3.8, 4) is 0 Å². The van der Waals surface area contributed by atoms with Gasteiger partial charge in [-0.25, -0.2) is 0 Å². The number of nitrogens with one attached hydrogen (secondary N) is 1. The number of hydrogen-bond donors (Lipinski definition) is 2. The van der Waals surface area contributed by atoms with E-state index >= 15 is 0 Å². The molecular weight excluding hydrogens is 228 g/mol. The van der Waals surface area contributed by atoms with Gasteiger partial charge in [-0.3, -0.25) is 4.79 Å². The van der Waals surface area contributed by atoms with E-state index < -0.39 is 0 Å². The molecule has 0 radical (unpaired) electrons. The van der Waals surface area contributed by atoms with Crippen molar-refractivity contribution in [2.45, 2.75) is 31.9 Å². The monoisotopic (exact) mass is 250 g/mol. The molecule has 1 aromatic rings. The van der Waals surface area contributed by atoms with Crippen molar-refractivity contribution in [3.05, 3.63) is 35.9 Å². The van der Waals surface area contributed by atoms with Gasteiger partial charge in [-0.1, -0.05) is 36.8 Å². The average Bonchev–Trinajstić information content (AvgIpc) is 2.42. The molecule has 0 aliphatic rings. The van der Waals surface area contributed by atoms with Crippen LogP contribution in [-0.4, -0.2) is 25.6 Å². The minimum absolute atomic E-state index is 0.196. The van der Waals surface area contributed by atoms with Gasteiger partial charge in [0.1, 0.15) is 12.6 Å². The summed E-state index contributed by atoms with van der Waals surface area (Å²) in [5, 5.41) is 2.98. The van der Waals surface area contributed by atoms with Crippen molar-refractivity contribution in [2.24, 2.45) is 5.73 Å². The number of benzene rings is 1. The van der Waals surface area contributed by atoms with Crippen molar-refractivity contribution in [3.63, 3.8) is 0 Å². The molecule has 1 aromatic carbocycles. The topological polar surface area (TPSA) is 64.3 Å². The quantitative estimate of drug-likeness (QED) is 0.541. The molecule has 0 aliphatic heterocycles. The Morgan fingerprint density at radius 1 is 1.33 bits per heavy atom. The Hall–Kier alpha value is -1.39. The molecule has 0 spiro atoms. The summed E-state index contributed by atoms with van der Waals surface area (Å²) in [6, 6.07) is 9.45. The van der Waals surface area contributed by atoms with Crippen molar-refractivity contribution in [1.29, 1.82) is 0 Å². The molecule has 1 atom stereocenters. The normalized spacial score (nSPS) is 12.1. The second-order valence-electron chi connectivity index (χ2n) is 4.22. The predicted molar refractivity (Wildman–Crippen MR) is 72.0 cm³/mol.